The Labute approximate surface area is 150 Å². The van der Waals surface area contributed by atoms with Crippen LogP contribution in [0.3, 0.4) is 0 Å². The lowest BCUT2D eigenvalue weighted by Crippen LogP contribution is -2.25. The highest BCUT2D eigenvalue weighted by Crippen LogP contribution is 2.44. The molecule has 2 N–H and O–H groups in total. The fourth-order valence-corrected chi connectivity index (χ4v) is 4.03. The van der Waals surface area contributed by atoms with E-state index in [1.807, 2.05) is 6.07 Å². The van der Waals surface area contributed by atoms with E-state index < -0.39 is 17.6 Å². The summed E-state index contributed by atoms with van der Waals surface area (Å²) in [7, 11) is 0. The van der Waals surface area contributed by atoms with Gasteiger partial charge in [-0.15, -0.1) is 0 Å². The number of benzene rings is 2. The molecule has 1 atom stereocenters. The van der Waals surface area contributed by atoms with Gasteiger partial charge in [-0.25, -0.2) is 8.78 Å². The van der Waals surface area contributed by atoms with Gasteiger partial charge in [0.2, 0.25) is 10.6 Å². The first kappa shape index (κ1) is 16.2. The van der Waals surface area contributed by atoms with Gasteiger partial charge in [0.25, 0.3) is 0 Å². The number of nitrogens with two attached hydrogens (primary N) is 1. The van der Waals surface area contributed by atoms with Gasteiger partial charge in [-0.2, -0.15) is 5.26 Å². The van der Waals surface area contributed by atoms with Crippen molar-refractivity contribution in [2.45, 2.75) is 5.92 Å². The van der Waals surface area contributed by atoms with E-state index in [1.165, 1.54) is 6.07 Å². The molecule has 0 amide bonds. The van der Waals surface area contributed by atoms with Crippen LogP contribution in [0, 0.1) is 23.0 Å². The second kappa shape index (κ2) is 5.93. The van der Waals surface area contributed by atoms with Gasteiger partial charge in [0, 0.05) is 10.1 Å². The summed E-state index contributed by atoms with van der Waals surface area (Å²) in [4.78, 5) is 12.8. The number of ether oxygens (including phenoxy) is 1. The predicted octanol–water partition coefficient (Wildman–Crippen LogP) is 3.76. The van der Waals surface area contributed by atoms with Crippen molar-refractivity contribution in [1.29, 1.82) is 5.26 Å². The molecule has 0 saturated carbocycles. The number of halogens is 2. The molecule has 1 aromatic heterocycles. The quantitative estimate of drug-likeness (QED) is 0.710. The molecule has 2 heterocycles. The van der Waals surface area contributed by atoms with Gasteiger partial charge in [0.1, 0.15) is 17.4 Å². The second-order valence-electron chi connectivity index (χ2n) is 5.73. The molecule has 0 bridgehead atoms. The Balaban J connectivity index is 2.08. The third-order valence-electron chi connectivity index (χ3n) is 4.25. The second-order valence-corrected chi connectivity index (χ2v) is 6.74. The number of hydrogen-bond donors (Lipinski definition) is 1. The zero-order valence-corrected chi connectivity index (χ0v) is 13.9. The molecule has 0 unspecified atom stereocenters. The van der Waals surface area contributed by atoms with Gasteiger partial charge in [-0.1, -0.05) is 29.5 Å². The molecule has 1 aliphatic rings. The maximum atomic E-state index is 13.8. The summed E-state index contributed by atoms with van der Waals surface area (Å²) in [5.41, 5.74) is 6.36. The van der Waals surface area contributed by atoms with Gasteiger partial charge in [-0.3, -0.25) is 4.79 Å². The maximum absolute atomic E-state index is 13.8. The zero-order valence-electron chi connectivity index (χ0n) is 13.1. The standard InChI is InChI=1S/C19H10F2N2O2S/c20-12-6-5-9(7-13(12)21)15-11(8-22)18(23)25-17-10-3-1-2-4-14(10)26-19(24)16(15)17/h1-7,15H,23H2/t15-/m1/s1. The van der Waals surface area contributed by atoms with Gasteiger partial charge in [0.05, 0.1) is 11.5 Å². The molecule has 4 nitrogen and oxygen atoms in total. The Kier molecular flexibility index (Phi) is 3.71. The van der Waals surface area contributed by atoms with Crippen LogP contribution < -0.4 is 15.2 Å². The molecule has 7 heteroatoms. The minimum absolute atomic E-state index is 0.0110. The van der Waals surface area contributed by atoms with Crippen molar-refractivity contribution in [3.63, 3.8) is 0 Å². The van der Waals surface area contributed by atoms with E-state index >= 15 is 0 Å². The Morgan fingerprint density at radius 3 is 2.65 bits per heavy atom. The van der Waals surface area contributed by atoms with Gasteiger partial charge in [0.15, 0.2) is 11.6 Å². The van der Waals surface area contributed by atoms with E-state index in [9.17, 15) is 18.8 Å². The van der Waals surface area contributed by atoms with Gasteiger partial charge in [-0.05, 0) is 29.8 Å². The molecular weight excluding hydrogens is 358 g/mol. The maximum Gasteiger partial charge on any atom is 0.240 e. The van der Waals surface area contributed by atoms with Crippen molar-refractivity contribution < 1.29 is 13.5 Å². The molecule has 0 spiro atoms. The fraction of sp³-hybridized carbons (Fsp3) is 0.0526. The van der Waals surface area contributed by atoms with Crippen molar-refractivity contribution in [1.82, 2.24) is 0 Å². The van der Waals surface area contributed by atoms with Crippen LogP contribution in [-0.4, -0.2) is 0 Å². The highest BCUT2D eigenvalue weighted by atomic mass is 32.1. The van der Waals surface area contributed by atoms with E-state index in [-0.39, 0.29) is 33.1 Å². The first-order valence-electron chi connectivity index (χ1n) is 7.59. The number of hydrogen-bond acceptors (Lipinski definition) is 5. The lowest BCUT2D eigenvalue weighted by molar-refractivity contribution is 0.398. The Morgan fingerprint density at radius 1 is 1.15 bits per heavy atom. The van der Waals surface area contributed by atoms with Gasteiger partial charge >= 0.3 is 0 Å². The molecule has 4 rings (SSSR count). The third kappa shape index (κ3) is 2.35. The number of nitrogens with zero attached hydrogens (tertiary/aromatic N) is 1. The SMILES string of the molecule is N#CC1=C(N)Oc2c(c(=O)sc3ccccc23)[C@@H]1c1ccc(F)c(F)c1. The summed E-state index contributed by atoms with van der Waals surface area (Å²) < 4.78 is 33.1. The molecule has 0 radical (unpaired) electrons. The van der Waals surface area contributed by atoms with Crippen LogP contribution >= 0.6 is 11.3 Å². The molecule has 0 aliphatic carbocycles. The number of fused-ring (bicyclic) bond motifs is 3. The average molecular weight is 368 g/mol. The van der Waals surface area contributed by atoms with Crippen molar-refractivity contribution in [3.05, 3.63) is 86.2 Å². The van der Waals surface area contributed by atoms with Crippen molar-refractivity contribution >= 4 is 21.4 Å². The van der Waals surface area contributed by atoms with E-state index in [4.69, 9.17) is 10.5 Å². The highest BCUT2D eigenvalue weighted by molar-refractivity contribution is 7.16. The molecule has 26 heavy (non-hydrogen) atoms. The van der Waals surface area contributed by atoms with Crippen LogP contribution in [0.2, 0.25) is 0 Å². The fourth-order valence-electron chi connectivity index (χ4n) is 3.09. The van der Waals surface area contributed by atoms with Crippen molar-refractivity contribution in [3.8, 4) is 11.8 Å². The largest absolute Gasteiger partial charge is 0.439 e. The Hall–Kier alpha value is -3.24. The summed E-state index contributed by atoms with van der Waals surface area (Å²) in [6.07, 6.45) is 0. The van der Waals surface area contributed by atoms with Crippen LogP contribution in [0.25, 0.3) is 10.1 Å². The predicted molar refractivity (Wildman–Crippen MR) is 93.8 cm³/mol. The summed E-state index contributed by atoms with van der Waals surface area (Å²) in [5.74, 6) is -2.92. The summed E-state index contributed by atoms with van der Waals surface area (Å²) in [6, 6.07) is 12.3. The van der Waals surface area contributed by atoms with E-state index in [0.29, 0.717) is 10.1 Å². The molecule has 2 aromatic carbocycles. The molecule has 3 aromatic rings. The number of nitriles is 1. The molecule has 0 saturated heterocycles. The van der Waals surface area contributed by atoms with E-state index in [0.717, 1.165) is 23.5 Å². The zero-order chi connectivity index (χ0) is 18.4. The topological polar surface area (TPSA) is 76.1 Å². The summed E-state index contributed by atoms with van der Waals surface area (Å²) in [6.45, 7) is 0. The summed E-state index contributed by atoms with van der Waals surface area (Å²) in [5, 5.41) is 10.2. The number of allylic oxidation sites excluding steroid dienone is 1. The van der Waals surface area contributed by atoms with Crippen LogP contribution in [-0.2, 0) is 0 Å². The minimum Gasteiger partial charge on any atom is -0.439 e. The average Bonchev–Trinajstić information content (AvgIpc) is 2.63. The molecular formula is C19H10F2N2O2S. The van der Waals surface area contributed by atoms with E-state index in [1.54, 1.807) is 24.3 Å². The third-order valence-corrected chi connectivity index (χ3v) is 5.23. The normalized spacial score (nSPS) is 16.1. The van der Waals surface area contributed by atoms with Gasteiger partial charge < -0.3 is 10.5 Å². The highest BCUT2D eigenvalue weighted by Gasteiger charge is 2.34. The van der Waals surface area contributed by atoms with Crippen LogP contribution in [0.5, 0.6) is 5.75 Å². The first-order chi connectivity index (χ1) is 12.5. The van der Waals surface area contributed by atoms with Crippen LogP contribution in [0.1, 0.15) is 17.0 Å². The molecule has 128 valence electrons. The van der Waals surface area contributed by atoms with Crippen molar-refractivity contribution in [2.75, 3.05) is 0 Å². The monoisotopic (exact) mass is 368 g/mol. The minimum atomic E-state index is -1.07. The first-order valence-corrected chi connectivity index (χ1v) is 8.41. The molecule has 0 fully saturated rings. The Bertz CT molecular complexity index is 1190. The van der Waals surface area contributed by atoms with E-state index in [2.05, 4.69) is 0 Å². The van der Waals surface area contributed by atoms with Crippen LogP contribution in [0.15, 0.2) is 58.7 Å². The molecule has 1 aliphatic heterocycles. The lowest BCUT2D eigenvalue weighted by atomic mass is 9.84. The lowest BCUT2D eigenvalue weighted by Gasteiger charge is -2.26. The Morgan fingerprint density at radius 2 is 1.92 bits per heavy atom. The van der Waals surface area contributed by atoms with Crippen LogP contribution in [0.4, 0.5) is 8.78 Å². The summed E-state index contributed by atoms with van der Waals surface area (Å²) >= 11 is 1.000. The van der Waals surface area contributed by atoms with Crippen molar-refractivity contribution in [2.24, 2.45) is 5.73 Å². The number of rotatable bonds is 1. The smallest absolute Gasteiger partial charge is 0.240 e.